The molecule has 1 unspecified atom stereocenters. The minimum atomic E-state index is -0.366. The zero-order valence-electron chi connectivity index (χ0n) is 12.6. The van der Waals surface area contributed by atoms with Gasteiger partial charge in [-0.15, -0.1) is 11.3 Å². The number of rotatable bonds is 6. The van der Waals surface area contributed by atoms with Crippen molar-refractivity contribution in [1.82, 2.24) is 15.0 Å². The molecule has 3 heterocycles. The molecule has 4 N–H and O–H groups in total. The molecule has 0 saturated heterocycles. The Labute approximate surface area is 142 Å². The number of nitrogens with zero attached hydrogens (tertiary/aromatic N) is 2. The van der Waals surface area contributed by atoms with Gasteiger partial charge in [-0.1, -0.05) is 13.0 Å². The van der Waals surface area contributed by atoms with E-state index >= 15 is 0 Å². The van der Waals surface area contributed by atoms with Crippen LogP contribution in [0, 0.1) is 5.82 Å². The first-order valence-electron chi connectivity index (χ1n) is 7.34. The molecule has 122 valence electrons. The maximum absolute atomic E-state index is 14.7. The fraction of sp³-hybridized carbons (Fsp3) is 0.333. The third-order valence-corrected chi connectivity index (χ3v) is 4.68. The van der Waals surface area contributed by atoms with Gasteiger partial charge in [-0.3, -0.25) is 0 Å². The Bertz CT molecular complexity index is 802. The van der Waals surface area contributed by atoms with Gasteiger partial charge < -0.3 is 16.0 Å². The number of anilines is 1. The molecule has 3 rings (SSSR count). The van der Waals surface area contributed by atoms with Gasteiger partial charge in [0.05, 0.1) is 17.6 Å². The molecular weight excluding hydrogens is 337 g/mol. The van der Waals surface area contributed by atoms with E-state index in [4.69, 9.17) is 17.3 Å². The molecule has 1 atom stereocenters. The average Bonchev–Trinajstić information content (AvgIpc) is 3.14. The zero-order chi connectivity index (χ0) is 16.4. The minimum absolute atomic E-state index is 0.0683. The van der Waals surface area contributed by atoms with Crippen molar-refractivity contribution in [3.63, 3.8) is 0 Å². The summed E-state index contributed by atoms with van der Waals surface area (Å²) in [5, 5.41) is 5.51. The van der Waals surface area contributed by atoms with E-state index in [9.17, 15) is 4.39 Å². The number of aromatic amines is 1. The van der Waals surface area contributed by atoms with Crippen LogP contribution >= 0.6 is 22.9 Å². The van der Waals surface area contributed by atoms with Crippen molar-refractivity contribution in [1.29, 1.82) is 0 Å². The quantitative estimate of drug-likeness (QED) is 0.590. The fourth-order valence-corrected chi connectivity index (χ4v) is 3.15. The van der Waals surface area contributed by atoms with E-state index in [-0.39, 0.29) is 17.1 Å². The van der Waals surface area contributed by atoms with Crippen molar-refractivity contribution in [3.05, 3.63) is 39.2 Å². The normalized spacial score (nSPS) is 12.7. The lowest BCUT2D eigenvalue weighted by atomic mass is 10.1. The van der Waals surface area contributed by atoms with Crippen molar-refractivity contribution in [2.24, 2.45) is 5.73 Å². The van der Waals surface area contributed by atoms with Crippen molar-refractivity contribution < 1.29 is 4.39 Å². The lowest BCUT2D eigenvalue weighted by molar-refractivity contribution is 0.581. The molecule has 0 fully saturated rings. The smallest absolute Gasteiger partial charge is 0.226 e. The average molecular weight is 354 g/mol. The largest absolute Gasteiger partial charge is 0.364 e. The Morgan fingerprint density at radius 1 is 1.48 bits per heavy atom. The van der Waals surface area contributed by atoms with Crippen LogP contribution in [0.25, 0.3) is 11.0 Å². The summed E-state index contributed by atoms with van der Waals surface area (Å²) >= 11 is 7.57. The molecule has 8 heteroatoms. The third-order valence-electron chi connectivity index (χ3n) is 3.64. The minimum Gasteiger partial charge on any atom is -0.364 e. The van der Waals surface area contributed by atoms with Gasteiger partial charge in [0.2, 0.25) is 5.28 Å². The number of halogens is 2. The molecule has 0 saturated carbocycles. The highest BCUT2D eigenvalue weighted by molar-refractivity contribution is 7.09. The van der Waals surface area contributed by atoms with E-state index in [1.165, 1.54) is 0 Å². The molecule has 0 bridgehead atoms. The Morgan fingerprint density at radius 2 is 2.30 bits per heavy atom. The topological polar surface area (TPSA) is 79.6 Å². The molecule has 0 aliphatic carbocycles. The van der Waals surface area contributed by atoms with Crippen LogP contribution in [-0.4, -0.2) is 21.0 Å². The number of thiophene rings is 1. The van der Waals surface area contributed by atoms with Crippen LogP contribution < -0.4 is 11.1 Å². The highest BCUT2D eigenvalue weighted by Crippen LogP contribution is 2.28. The summed E-state index contributed by atoms with van der Waals surface area (Å²) in [4.78, 5) is 12.3. The van der Waals surface area contributed by atoms with E-state index < -0.39 is 0 Å². The van der Waals surface area contributed by atoms with Crippen LogP contribution in [0.15, 0.2) is 17.5 Å². The van der Waals surface area contributed by atoms with Crippen molar-refractivity contribution in [2.45, 2.75) is 32.4 Å². The molecule has 0 aromatic carbocycles. The number of nitrogens with one attached hydrogen (secondary N) is 2. The van der Waals surface area contributed by atoms with Crippen LogP contribution in [0.5, 0.6) is 0 Å². The van der Waals surface area contributed by atoms with Crippen LogP contribution in [-0.2, 0) is 13.0 Å². The summed E-state index contributed by atoms with van der Waals surface area (Å²) in [6.45, 7) is 2.52. The van der Waals surface area contributed by atoms with Gasteiger partial charge in [0.1, 0.15) is 11.5 Å². The van der Waals surface area contributed by atoms with E-state index in [2.05, 4.69) is 20.3 Å². The van der Waals surface area contributed by atoms with Crippen LogP contribution in [0.2, 0.25) is 5.28 Å². The number of nitrogens with two attached hydrogens (primary N) is 1. The molecule has 0 aliphatic heterocycles. The SMILES string of the molecule is CCC(N)Cc1[nH]c2nc(Cl)nc(NCc3cccs3)c2c1F. The summed E-state index contributed by atoms with van der Waals surface area (Å²) in [5.41, 5.74) is 6.74. The van der Waals surface area contributed by atoms with E-state index in [1.807, 2.05) is 24.4 Å². The summed E-state index contributed by atoms with van der Waals surface area (Å²) in [5.74, 6) is 0.0210. The van der Waals surface area contributed by atoms with Crippen LogP contribution in [0.1, 0.15) is 23.9 Å². The molecule has 3 aromatic heterocycles. The number of fused-ring (bicyclic) bond motifs is 1. The van der Waals surface area contributed by atoms with Crippen molar-refractivity contribution in [3.8, 4) is 0 Å². The summed E-state index contributed by atoms with van der Waals surface area (Å²) < 4.78 is 14.7. The summed E-state index contributed by atoms with van der Waals surface area (Å²) in [6.07, 6.45) is 1.19. The monoisotopic (exact) mass is 353 g/mol. The van der Waals surface area contributed by atoms with Gasteiger partial charge in [-0.05, 0) is 29.5 Å². The maximum atomic E-state index is 14.7. The second-order valence-electron chi connectivity index (χ2n) is 5.29. The predicted molar refractivity (Wildman–Crippen MR) is 92.5 cm³/mol. The maximum Gasteiger partial charge on any atom is 0.226 e. The molecule has 0 aliphatic rings. The number of H-pyrrole nitrogens is 1. The Hall–Kier alpha value is -1.70. The molecule has 0 radical (unpaired) electrons. The molecule has 23 heavy (non-hydrogen) atoms. The fourth-order valence-electron chi connectivity index (χ4n) is 2.34. The van der Waals surface area contributed by atoms with Gasteiger partial charge in [0, 0.05) is 17.3 Å². The van der Waals surface area contributed by atoms with E-state index in [0.29, 0.717) is 35.5 Å². The number of hydrogen-bond acceptors (Lipinski definition) is 5. The van der Waals surface area contributed by atoms with Crippen molar-refractivity contribution in [2.75, 3.05) is 5.32 Å². The van der Waals surface area contributed by atoms with Gasteiger partial charge in [0.15, 0.2) is 5.82 Å². The Kier molecular flexibility index (Phi) is 4.79. The Morgan fingerprint density at radius 3 is 3.00 bits per heavy atom. The molecule has 5 nitrogen and oxygen atoms in total. The lowest BCUT2D eigenvalue weighted by Crippen LogP contribution is -2.22. The van der Waals surface area contributed by atoms with E-state index in [0.717, 1.165) is 11.3 Å². The lowest BCUT2D eigenvalue weighted by Gasteiger charge is -2.07. The van der Waals surface area contributed by atoms with Gasteiger partial charge in [0.25, 0.3) is 0 Å². The molecular formula is C15H17ClFN5S. The summed E-state index contributed by atoms with van der Waals surface area (Å²) in [6, 6.07) is 3.85. The van der Waals surface area contributed by atoms with Crippen LogP contribution in [0.4, 0.5) is 10.2 Å². The first-order chi connectivity index (χ1) is 11.1. The van der Waals surface area contributed by atoms with Gasteiger partial charge >= 0.3 is 0 Å². The summed E-state index contributed by atoms with van der Waals surface area (Å²) in [7, 11) is 0. The van der Waals surface area contributed by atoms with Gasteiger partial charge in [-0.25, -0.2) is 4.39 Å². The number of hydrogen-bond donors (Lipinski definition) is 3. The second kappa shape index (κ2) is 6.82. The van der Waals surface area contributed by atoms with Crippen LogP contribution in [0.3, 0.4) is 0 Å². The number of aromatic nitrogens is 3. The highest BCUT2D eigenvalue weighted by Gasteiger charge is 2.19. The van der Waals surface area contributed by atoms with Crippen molar-refractivity contribution >= 4 is 39.8 Å². The standard InChI is InChI=1S/C15H17ClFN5S/c1-2-8(18)6-10-12(17)11-13(19-7-9-4-3-5-23-9)21-15(16)22-14(11)20-10/h3-5,8H,2,6-7,18H2,1H3,(H2,19,20,21,22). The first kappa shape index (κ1) is 16.2. The van der Waals surface area contributed by atoms with E-state index in [1.54, 1.807) is 11.3 Å². The third kappa shape index (κ3) is 3.46. The molecule has 3 aromatic rings. The molecule has 0 spiro atoms. The second-order valence-corrected chi connectivity index (χ2v) is 6.66. The zero-order valence-corrected chi connectivity index (χ0v) is 14.1. The first-order valence-corrected chi connectivity index (χ1v) is 8.59. The molecule has 0 amide bonds. The van der Waals surface area contributed by atoms with Gasteiger partial charge in [-0.2, -0.15) is 9.97 Å². The highest BCUT2D eigenvalue weighted by atomic mass is 35.5. The Balaban J connectivity index is 1.96. The predicted octanol–water partition coefficient (Wildman–Crippen LogP) is 3.70.